The van der Waals surface area contributed by atoms with Gasteiger partial charge in [-0.25, -0.2) is 0 Å². The van der Waals surface area contributed by atoms with Crippen molar-refractivity contribution in [2.75, 3.05) is 27.3 Å². The molecule has 4 heteroatoms. The van der Waals surface area contributed by atoms with E-state index in [1.807, 2.05) is 30.3 Å². The molecule has 0 aliphatic carbocycles. The molecule has 23 heavy (non-hydrogen) atoms. The van der Waals surface area contributed by atoms with Gasteiger partial charge in [-0.3, -0.25) is 0 Å². The van der Waals surface area contributed by atoms with E-state index < -0.39 is 0 Å². The number of hydrogen-bond acceptors (Lipinski definition) is 4. The number of rotatable bonds is 5. The van der Waals surface area contributed by atoms with Gasteiger partial charge < -0.3 is 19.5 Å². The van der Waals surface area contributed by atoms with Gasteiger partial charge in [0.25, 0.3) is 0 Å². The molecule has 0 radical (unpaired) electrons. The SMILES string of the molecule is COc1ccc(OC)c(-c2ccc(OC3CCNCC3)cc2)c1. The number of methoxy groups -OCH3 is 2. The molecular weight excluding hydrogens is 290 g/mol. The molecule has 1 heterocycles. The Morgan fingerprint density at radius 3 is 2.22 bits per heavy atom. The second-order valence-electron chi connectivity index (χ2n) is 5.66. The Morgan fingerprint density at radius 1 is 0.870 bits per heavy atom. The highest BCUT2D eigenvalue weighted by atomic mass is 16.5. The van der Waals surface area contributed by atoms with Crippen LogP contribution in [0.3, 0.4) is 0 Å². The van der Waals surface area contributed by atoms with Crippen molar-refractivity contribution in [3.05, 3.63) is 42.5 Å². The van der Waals surface area contributed by atoms with Crippen LogP contribution in [0.5, 0.6) is 17.2 Å². The monoisotopic (exact) mass is 313 g/mol. The molecule has 0 saturated carbocycles. The van der Waals surface area contributed by atoms with Gasteiger partial charge in [0.1, 0.15) is 23.4 Å². The van der Waals surface area contributed by atoms with Crippen LogP contribution in [0.4, 0.5) is 0 Å². The highest BCUT2D eigenvalue weighted by Crippen LogP contribution is 2.34. The van der Waals surface area contributed by atoms with Crippen LogP contribution in [-0.2, 0) is 0 Å². The number of hydrogen-bond donors (Lipinski definition) is 1. The topological polar surface area (TPSA) is 39.7 Å². The zero-order valence-corrected chi connectivity index (χ0v) is 13.7. The lowest BCUT2D eigenvalue weighted by Crippen LogP contribution is -2.34. The summed E-state index contributed by atoms with van der Waals surface area (Å²) in [5.41, 5.74) is 2.10. The quantitative estimate of drug-likeness (QED) is 0.917. The van der Waals surface area contributed by atoms with Gasteiger partial charge in [-0.15, -0.1) is 0 Å². The summed E-state index contributed by atoms with van der Waals surface area (Å²) in [5.74, 6) is 2.57. The largest absolute Gasteiger partial charge is 0.497 e. The van der Waals surface area contributed by atoms with E-state index in [0.717, 1.165) is 54.3 Å². The fourth-order valence-corrected chi connectivity index (χ4v) is 2.86. The minimum absolute atomic E-state index is 0.313. The normalized spacial score (nSPS) is 15.2. The molecule has 0 amide bonds. The highest BCUT2D eigenvalue weighted by molar-refractivity contribution is 5.72. The molecule has 1 saturated heterocycles. The van der Waals surface area contributed by atoms with Gasteiger partial charge in [0.05, 0.1) is 14.2 Å². The summed E-state index contributed by atoms with van der Waals surface area (Å²) >= 11 is 0. The lowest BCUT2D eigenvalue weighted by Gasteiger charge is -2.23. The number of nitrogens with one attached hydrogen (secondary N) is 1. The fraction of sp³-hybridized carbons (Fsp3) is 0.368. The first-order valence-corrected chi connectivity index (χ1v) is 8.00. The van der Waals surface area contributed by atoms with Crippen molar-refractivity contribution in [3.8, 4) is 28.4 Å². The van der Waals surface area contributed by atoms with E-state index in [-0.39, 0.29) is 0 Å². The van der Waals surface area contributed by atoms with E-state index in [1.165, 1.54) is 0 Å². The van der Waals surface area contributed by atoms with Crippen LogP contribution < -0.4 is 19.5 Å². The average molecular weight is 313 g/mol. The summed E-state index contributed by atoms with van der Waals surface area (Å²) < 4.78 is 16.8. The van der Waals surface area contributed by atoms with E-state index >= 15 is 0 Å². The van der Waals surface area contributed by atoms with E-state index in [2.05, 4.69) is 17.4 Å². The van der Waals surface area contributed by atoms with Crippen LogP contribution >= 0.6 is 0 Å². The Labute approximate surface area is 137 Å². The van der Waals surface area contributed by atoms with Crippen LogP contribution in [-0.4, -0.2) is 33.4 Å². The zero-order valence-electron chi connectivity index (χ0n) is 13.7. The molecule has 3 rings (SSSR count). The van der Waals surface area contributed by atoms with Crippen LogP contribution in [0.2, 0.25) is 0 Å². The number of benzene rings is 2. The predicted molar refractivity (Wildman–Crippen MR) is 91.5 cm³/mol. The van der Waals surface area contributed by atoms with Crippen molar-refractivity contribution < 1.29 is 14.2 Å². The van der Waals surface area contributed by atoms with Crippen molar-refractivity contribution in [3.63, 3.8) is 0 Å². The third kappa shape index (κ3) is 3.77. The number of ether oxygens (including phenoxy) is 3. The minimum atomic E-state index is 0.313. The molecule has 122 valence electrons. The third-order valence-electron chi connectivity index (χ3n) is 4.16. The van der Waals surface area contributed by atoms with Crippen molar-refractivity contribution >= 4 is 0 Å². The molecule has 1 fully saturated rings. The third-order valence-corrected chi connectivity index (χ3v) is 4.16. The lowest BCUT2D eigenvalue weighted by atomic mass is 10.0. The van der Waals surface area contributed by atoms with E-state index in [0.29, 0.717) is 6.10 Å². The van der Waals surface area contributed by atoms with Crippen LogP contribution in [0, 0.1) is 0 Å². The summed E-state index contributed by atoms with van der Waals surface area (Å²) in [6.45, 7) is 2.06. The summed E-state index contributed by atoms with van der Waals surface area (Å²) in [6.07, 6.45) is 2.44. The van der Waals surface area contributed by atoms with Crippen LogP contribution in [0.1, 0.15) is 12.8 Å². The fourth-order valence-electron chi connectivity index (χ4n) is 2.86. The molecular formula is C19H23NO3. The minimum Gasteiger partial charge on any atom is -0.497 e. The van der Waals surface area contributed by atoms with Crippen molar-refractivity contribution in [2.24, 2.45) is 0 Å². The molecule has 0 unspecified atom stereocenters. The Bertz CT molecular complexity index is 634. The van der Waals surface area contributed by atoms with Gasteiger partial charge in [-0.1, -0.05) is 12.1 Å². The molecule has 4 nitrogen and oxygen atoms in total. The first-order chi connectivity index (χ1) is 11.3. The van der Waals surface area contributed by atoms with Gasteiger partial charge >= 0.3 is 0 Å². The summed E-state index contributed by atoms with van der Waals surface area (Å²) in [7, 11) is 3.35. The first kappa shape index (κ1) is 15.7. The maximum Gasteiger partial charge on any atom is 0.126 e. The van der Waals surface area contributed by atoms with Crippen molar-refractivity contribution in [2.45, 2.75) is 18.9 Å². The van der Waals surface area contributed by atoms with E-state index in [9.17, 15) is 0 Å². The standard InChI is InChI=1S/C19H23NO3/c1-21-17-7-8-19(22-2)18(13-17)14-3-5-15(6-4-14)23-16-9-11-20-12-10-16/h3-8,13,16,20H,9-12H2,1-2H3. The molecule has 0 atom stereocenters. The van der Waals surface area contributed by atoms with Crippen molar-refractivity contribution in [1.82, 2.24) is 5.32 Å². The molecule has 0 bridgehead atoms. The van der Waals surface area contributed by atoms with Gasteiger partial charge in [-0.05, 0) is 61.8 Å². The molecule has 1 N–H and O–H groups in total. The summed E-state index contributed by atoms with van der Waals surface area (Å²) in [4.78, 5) is 0. The Morgan fingerprint density at radius 2 is 1.57 bits per heavy atom. The maximum absolute atomic E-state index is 6.05. The van der Waals surface area contributed by atoms with Crippen LogP contribution in [0.25, 0.3) is 11.1 Å². The van der Waals surface area contributed by atoms with E-state index in [1.54, 1.807) is 14.2 Å². The predicted octanol–water partition coefficient (Wildman–Crippen LogP) is 3.50. The second-order valence-corrected chi connectivity index (χ2v) is 5.66. The first-order valence-electron chi connectivity index (χ1n) is 8.00. The van der Waals surface area contributed by atoms with Crippen molar-refractivity contribution in [1.29, 1.82) is 0 Å². The van der Waals surface area contributed by atoms with Gasteiger partial charge in [0.15, 0.2) is 0 Å². The van der Waals surface area contributed by atoms with E-state index in [4.69, 9.17) is 14.2 Å². The highest BCUT2D eigenvalue weighted by Gasteiger charge is 2.14. The zero-order chi connectivity index (χ0) is 16.1. The maximum atomic E-state index is 6.05. The lowest BCUT2D eigenvalue weighted by molar-refractivity contribution is 0.162. The summed E-state index contributed by atoms with van der Waals surface area (Å²) in [5, 5.41) is 3.35. The van der Waals surface area contributed by atoms with Crippen LogP contribution in [0.15, 0.2) is 42.5 Å². The van der Waals surface area contributed by atoms with Gasteiger partial charge in [-0.2, -0.15) is 0 Å². The summed E-state index contributed by atoms with van der Waals surface area (Å²) in [6, 6.07) is 14.0. The molecule has 1 aliphatic heterocycles. The molecule has 0 spiro atoms. The average Bonchev–Trinajstić information content (AvgIpc) is 2.62. The molecule has 1 aliphatic rings. The number of piperidine rings is 1. The molecule has 2 aromatic carbocycles. The smallest absolute Gasteiger partial charge is 0.126 e. The van der Waals surface area contributed by atoms with Gasteiger partial charge in [0.2, 0.25) is 0 Å². The molecule has 0 aromatic heterocycles. The Hall–Kier alpha value is -2.20. The Balaban J connectivity index is 1.78. The molecule has 2 aromatic rings. The van der Waals surface area contributed by atoms with Gasteiger partial charge in [0, 0.05) is 5.56 Å². The second kappa shape index (κ2) is 7.38. The Kier molecular flexibility index (Phi) is 5.03.